The monoisotopic (exact) mass is 542 g/mol. The number of ether oxygens (including phenoxy) is 7. The van der Waals surface area contributed by atoms with Gasteiger partial charge in [-0.3, -0.25) is 4.55 Å². The number of hydrogen-bond donors (Lipinski definition) is 3. The third kappa shape index (κ3) is 24.5. The van der Waals surface area contributed by atoms with Gasteiger partial charge in [-0.05, 0) is 19.1 Å². The molecule has 3 N–H and O–H groups in total. The van der Waals surface area contributed by atoms with Crippen LogP contribution in [-0.2, 0) is 43.3 Å². The van der Waals surface area contributed by atoms with Crippen molar-refractivity contribution in [2.75, 3.05) is 106 Å². The lowest BCUT2D eigenvalue weighted by Crippen LogP contribution is -2.14. The van der Waals surface area contributed by atoms with Crippen molar-refractivity contribution in [3.8, 4) is 0 Å². The molecule has 0 fully saturated rings. The highest BCUT2D eigenvalue weighted by atomic mass is 32.2. The quantitative estimate of drug-likeness (QED) is 0.129. The summed E-state index contributed by atoms with van der Waals surface area (Å²) in [6.45, 7) is 8.65. The molecule has 0 saturated carbocycles. The summed E-state index contributed by atoms with van der Waals surface area (Å²) in [7, 11) is -4.02. The first-order chi connectivity index (χ1) is 17.4. The van der Waals surface area contributed by atoms with Crippen LogP contribution in [0.1, 0.15) is 5.56 Å². The fourth-order valence-corrected chi connectivity index (χ4v) is 2.74. The molecule has 0 amide bonds. The number of hydrogen-bond acceptors (Lipinski definition) is 11. The van der Waals surface area contributed by atoms with Crippen molar-refractivity contribution in [1.82, 2.24) is 0 Å². The summed E-state index contributed by atoms with van der Waals surface area (Å²) in [6, 6.07) is 5.99. The van der Waals surface area contributed by atoms with Crippen LogP contribution >= 0.6 is 0 Å². The highest BCUT2D eigenvalue weighted by Crippen LogP contribution is 2.08. The molecule has 0 saturated heterocycles. The molecule has 212 valence electrons. The second-order valence-corrected chi connectivity index (χ2v) is 8.44. The van der Waals surface area contributed by atoms with Gasteiger partial charge in [-0.15, -0.1) is 0 Å². The summed E-state index contributed by atoms with van der Waals surface area (Å²) >= 11 is 0. The topological polar surface area (TPSA) is 159 Å². The van der Waals surface area contributed by atoms with Gasteiger partial charge in [0.05, 0.1) is 111 Å². The van der Waals surface area contributed by atoms with Gasteiger partial charge in [0, 0.05) is 0 Å². The summed E-state index contributed by atoms with van der Waals surface area (Å²) in [5.74, 6) is 0. The highest BCUT2D eigenvalue weighted by Gasteiger charge is 2.06. The van der Waals surface area contributed by atoms with Crippen molar-refractivity contribution < 1.29 is 56.3 Å². The minimum Gasteiger partial charge on any atom is -0.394 e. The molecule has 0 aromatic heterocycles. The SMILES string of the molecule is Cc1ccc(S(=O)(=O)O)cc1.OCCOCCOCCOCCOCCOCCOCCOCCO. The standard InChI is InChI=1S/C16H34O9.C7H8O3S/c17-1-3-19-5-7-21-9-11-23-13-15-25-16-14-24-12-10-22-8-6-20-4-2-18;1-6-2-4-7(5-3-6)11(8,9)10/h17-18H,1-16H2;2-5H,1H3,(H,8,9,10). The maximum atomic E-state index is 10.5. The molecule has 0 aliphatic heterocycles. The van der Waals surface area contributed by atoms with E-state index in [1.807, 2.05) is 6.92 Å². The summed E-state index contributed by atoms with van der Waals surface area (Å²) in [4.78, 5) is -0.0666. The lowest BCUT2D eigenvalue weighted by molar-refractivity contribution is -0.0223. The smallest absolute Gasteiger partial charge is 0.294 e. The van der Waals surface area contributed by atoms with E-state index in [-0.39, 0.29) is 18.1 Å². The van der Waals surface area contributed by atoms with Crippen LogP contribution in [0.2, 0.25) is 0 Å². The van der Waals surface area contributed by atoms with Gasteiger partial charge in [0.15, 0.2) is 0 Å². The van der Waals surface area contributed by atoms with Crippen LogP contribution in [0.5, 0.6) is 0 Å². The Morgan fingerprint density at radius 2 is 0.778 bits per heavy atom. The summed E-state index contributed by atoms with van der Waals surface area (Å²) in [5, 5.41) is 17.0. The van der Waals surface area contributed by atoms with E-state index in [4.69, 9.17) is 47.9 Å². The fourth-order valence-electron chi connectivity index (χ4n) is 2.26. The van der Waals surface area contributed by atoms with E-state index in [0.717, 1.165) is 5.56 Å². The second-order valence-electron chi connectivity index (χ2n) is 7.02. The Morgan fingerprint density at radius 1 is 0.528 bits per heavy atom. The van der Waals surface area contributed by atoms with Crippen LogP contribution < -0.4 is 0 Å². The number of aliphatic hydroxyl groups excluding tert-OH is 2. The van der Waals surface area contributed by atoms with Crippen LogP contribution in [0, 0.1) is 6.92 Å². The Morgan fingerprint density at radius 3 is 1.00 bits per heavy atom. The van der Waals surface area contributed by atoms with Crippen LogP contribution in [0.15, 0.2) is 29.2 Å². The molecule has 1 aromatic carbocycles. The third-order valence-corrected chi connectivity index (χ3v) is 4.89. The van der Waals surface area contributed by atoms with Gasteiger partial charge in [-0.2, -0.15) is 8.42 Å². The lowest BCUT2D eigenvalue weighted by atomic mass is 10.2. The average molecular weight is 543 g/mol. The van der Waals surface area contributed by atoms with Crippen LogP contribution in [0.3, 0.4) is 0 Å². The van der Waals surface area contributed by atoms with Gasteiger partial charge in [0.2, 0.25) is 0 Å². The molecular formula is C23H42O12S. The summed E-state index contributed by atoms with van der Waals surface area (Å²) in [5.41, 5.74) is 0.956. The van der Waals surface area contributed by atoms with Crippen LogP contribution in [0.4, 0.5) is 0 Å². The van der Waals surface area contributed by atoms with Gasteiger partial charge >= 0.3 is 0 Å². The molecule has 0 bridgehead atoms. The minimum atomic E-state index is -4.02. The number of benzene rings is 1. The zero-order chi connectivity index (χ0) is 26.7. The third-order valence-electron chi connectivity index (χ3n) is 4.02. The van der Waals surface area contributed by atoms with Gasteiger partial charge < -0.3 is 43.4 Å². The van der Waals surface area contributed by atoms with Gasteiger partial charge in [-0.25, -0.2) is 0 Å². The summed E-state index contributed by atoms with van der Waals surface area (Å²) in [6.07, 6.45) is 0. The van der Waals surface area contributed by atoms with E-state index >= 15 is 0 Å². The van der Waals surface area contributed by atoms with Crippen molar-refractivity contribution in [1.29, 1.82) is 0 Å². The van der Waals surface area contributed by atoms with E-state index < -0.39 is 10.1 Å². The largest absolute Gasteiger partial charge is 0.394 e. The first-order valence-electron chi connectivity index (χ1n) is 11.7. The van der Waals surface area contributed by atoms with Crippen molar-refractivity contribution in [3.05, 3.63) is 29.8 Å². The zero-order valence-electron chi connectivity index (χ0n) is 21.0. The Balaban J connectivity index is 0.000000918. The molecule has 0 aliphatic carbocycles. The number of aryl methyl sites for hydroxylation is 1. The van der Waals surface area contributed by atoms with Crippen molar-refractivity contribution in [2.24, 2.45) is 0 Å². The molecule has 12 nitrogen and oxygen atoms in total. The Bertz CT molecular complexity index is 663. The molecule has 1 aromatic rings. The van der Waals surface area contributed by atoms with Gasteiger partial charge in [0.1, 0.15) is 0 Å². The normalized spacial score (nSPS) is 11.3. The number of rotatable bonds is 23. The Kier molecular flexibility index (Phi) is 24.6. The van der Waals surface area contributed by atoms with E-state index in [1.165, 1.54) is 12.1 Å². The van der Waals surface area contributed by atoms with Crippen LogP contribution in [-0.4, -0.2) is 129 Å². The van der Waals surface area contributed by atoms with Crippen molar-refractivity contribution in [3.63, 3.8) is 0 Å². The van der Waals surface area contributed by atoms with Gasteiger partial charge in [-0.1, -0.05) is 17.7 Å². The maximum Gasteiger partial charge on any atom is 0.294 e. The predicted octanol–water partition coefficient (Wildman–Crippen LogP) is 0.329. The van der Waals surface area contributed by atoms with E-state index in [1.54, 1.807) is 12.1 Å². The first-order valence-corrected chi connectivity index (χ1v) is 13.2. The van der Waals surface area contributed by atoms with Crippen molar-refractivity contribution in [2.45, 2.75) is 11.8 Å². The Labute approximate surface area is 214 Å². The molecule has 0 aliphatic rings. The maximum absolute atomic E-state index is 10.5. The molecule has 0 unspecified atom stereocenters. The molecule has 36 heavy (non-hydrogen) atoms. The minimum absolute atomic E-state index is 0.0312. The lowest BCUT2D eigenvalue weighted by Gasteiger charge is -2.08. The van der Waals surface area contributed by atoms with Crippen molar-refractivity contribution >= 4 is 10.1 Å². The fraction of sp³-hybridized carbons (Fsp3) is 0.739. The second kappa shape index (κ2) is 25.4. The van der Waals surface area contributed by atoms with E-state index in [9.17, 15) is 8.42 Å². The molecular weight excluding hydrogens is 500 g/mol. The Hall–Kier alpha value is -1.23. The molecule has 0 radical (unpaired) electrons. The predicted molar refractivity (Wildman–Crippen MR) is 131 cm³/mol. The zero-order valence-corrected chi connectivity index (χ0v) is 21.9. The number of aliphatic hydroxyl groups is 2. The van der Waals surface area contributed by atoms with Gasteiger partial charge in [0.25, 0.3) is 10.1 Å². The molecule has 0 spiro atoms. The molecule has 0 heterocycles. The molecule has 1 rings (SSSR count). The summed E-state index contributed by atoms with van der Waals surface area (Å²) < 4.78 is 66.2. The van der Waals surface area contributed by atoms with E-state index in [0.29, 0.717) is 92.5 Å². The van der Waals surface area contributed by atoms with Crippen LogP contribution in [0.25, 0.3) is 0 Å². The van der Waals surface area contributed by atoms with E-state index in [2.05, 4.69) is 0 Å². The molecule has 13 heteroatoms. The first kappa shape index (κ1) is 34.8. The highest BCUT2D eigenvalue weighted by molar-refractivity contribution is 7.85. The average Bonchev–Trinajstić information content (AvgIpc) is 2.85. The molecule has 0 atom stereocenters.